The first-order valence-electron chi connectivity index (χ1n) is 6.02. The van der Waals surface area contributed by atoms with Gasteiger partial charge in [0.05, 0.1) is 0 Å². The second-order valence-corrected chi connectivity index (χ2v) is 5.86. The van der Waals surface area contributed by atoms with Crippen molar-refractivity contribution >= 4 is 0 Å². The van der Waals surface area contributed by atoms with E-state index in [2.05, 4.69) is 43.2 Å². The van der Waals surface area contributed by atoms with Crippen molar-refractivity contribution in [3.63, 3.8) is 0 Å². The van der Waals surface area contributed by atoms with E-state index in [1.807, 2.05) is 7.05 Å². The molecule has 90 valence electrons. The Morgan fingerprint density at radius 3 is 2.13 bits per heavy atom. The quantitative estimate of drug-likeness (QED) is 0.731. The van der Waals surface area contributed by atoms with E-state index in [0.717, 1.165) is 13.1 Å². The molecule has 1 aliphatic rings. The van der Waals surface area contributed by atoms with E-state index in [-0.39, 0.29) is 11.1 Å². The van der Waals surface area contributed by atoms with Gasteiger partial charge in [0.15, 0.2) is 0 Å². The van der Waals surface area contributed by atoms with Gasteiger partial charge in [-0.15, -0.1) is 0 Å². The maximum Gasteiger partial charge on any atom is 0.0171 e. The molecule has 0 aromatic rings. The summed E-state index contributed by atoms with van der Waals surface area (Å²) in [5, 5.41) is 6.80. The number of nitrogens with zero attached hydrogens (tertiary/aromatic N) is 1. The maximum atomic E-state index is 3.41. The molecule has 1 rings (SSSR count). The molecule has 0 atom stereocenters. The minimum Gasteiger partial charge on any atom is -0.315 e. The summed E-state index contributed by atoms with van der Waals surface area (Å²) >= 11 is 0. The van der Waals surface area contributed by atoms with Crippen LogP contribution in [0.15, 0.2) is 0 Å². The van der Waals surface area contributed by atoms with Crippen molar-refractivity contribution in [2.75, 3.05) is 33.2 Å². The minimum absolute atomic E-state index is 0.217. The third kappa shape index (κ3) is 3.74. The molecule has 1 fully saturated rings. The van der Waals surface area contributed by atoms with Crippen LogP contribution in [0.4, 0.5) is 0 Å². The molecule has 3 heteroatoms. The summed E-state index contributed by atoms with van der Waals surface area (Å²) in [5.41, 5.74) is 0.503. The van der Waals surface area contributed by atoms with Crippen molar-refractivity contribution in [3.8, 4) is 0 Å². The molecule has 3 nitrogen and oxygen atoms in total. The Hall–Kier alpha value is -0.120. The lowest BCUT2D eigenvalue weighted by molar-refractivity contribution is 0.0733. The van der Waals surface area contributed by atoms with Crippen molar-refractivity contribution in [2.24, 2.45) is 0 Å². The molecule has 0 aromatic carbocycles. The standard InChI is InChI=1S/C12H27N3/c1-11(2,13-5)10-12(3,4)15-8-6-14-7-9-15/h13-14H,6-10H2,1-5H3. The van der Waals surface area contributed by atoms with Gasteiger partial charge in [0.1, 0.15) is 0 Å². The molecule has 15 heavy (non-hydrogen) atoms. The van der Waals surface area contributed by atoms with E-state index in [0.29, 0.717) is 0 Å². The van der Waals surface area contributed by atoms with E-state index >= 15 is 0 Å². The van der Waals surface area contributed by atoms with Crippen molar-refractivity contribution in [1.29, 1.82) is 0 Å². The summed E-state index contributed by atoms with van der Waals surface area (Å²) in [6, 6.07) is 0. The number of rotatable bonds is 4. The van der Waals surface area contributed by atoms with Gasteiger partial charge < -0.3 is 10.6 Å². The molecule has 0 unspecified atom stereocenters. The van der Waals surface area contributed by atoms with Crippen molar-refractivity contribution in [3.05, 3.63) is 0 Å². The highest BCUT2D eigenvalue weighted by molar-refractivity contribution is 4.92. The Bertz CT molecular complexity index is 193. The smallest absolute Gasteiger partial charge is 0.0171 e. The van der Waals surface area contributed by atoms with Gasteiger partial charge in [-0.25, -0.2) is 0 Å². The Labute approximate surface area is 94.6 Å². The molecule has 0 spiro atoms. The summed E-state index contributed by atoms with van der Waals surface area (Å²) < 4.78 is 0. The molecule has 0 saturated carbocycles. The van der Waals surface area contributed by atoms with E-state index < -0.39 is 0 Å². The fraction of sp³-hybridized carbons (Fsp3) is 1.00. The zero-order chi connectivity index (χ0) is 11.5. The summed E-state index contributed by atoms with van der Waals surface area (Å²) in [6.07, 6.45) is 1.18. The molecule has 0 radical (unpaired) electrons. The highest BCUT2D eigenvalue weighted by Gasteiger charge is 2.33. The number of piperazine rings is 1. The van der Waals surface area contributed by atoms with Crippen LogP contribution in [0.3, 0.4) is 0 Å². The lowest BCUT2D eigenvalue weighted by Crippen LogP contribution is -2.57. The van der Waals surface area contributed by atoms with Gasteiger partial charge in [0, 0.05) is 37.3 Å². The molecule has 0 amide bonds. The van der Waals surface area contributed by atoms with E-state index in [1.54, 1.807) is 0 Å². The van der Waals surface area contributed by atoms with Gasteiger partial charge in [-0.3, -0.25) is 4.90 Å². The van der Waals surface area contributed by atoms with E-state index in [9.17, 15) is 0 Å². The van der Waals surface area contributed by atoms with Crippen LogP contribution in [0.25, 0.3) is 0 Å². The lowest BCUT2D eigenvalue weighted by Gasteiger charge is -2.45. The molecule has 0 bridgehead atoms. The molecule has 0 aromatic heterocycles. The predicted molar refractivity (Wildman–Crippen MR) is 66.3 cm³/mol. The van der Waals surface area contributed by atoms with Gasteiger partial charge in [0.25, 0.3) is 0 Å². The normalized spacial score (nSPS) is 20.6. The fourth-order valence-electron chi connectivity index (χ4n) is 2.55. The Morgan fingerprint density at radius 1 is 1.13 bits per heavy atom. The highest BCUT2D eigenvalue weighted by Crippen LogP contribution is 2.25. The van der Waals surface area contributed by atoms with Crippen molar-refractivity contribution < 1.29 is 0 Å². The molecule has 0 aliphatic carbocycles. The third-order valence-corrected chi connectivity index (χ3v) is 3.52. The molecule has 1 aliphatic heterocycles. The number of nitrogens with one attached hydrogen (secondary N) is 2. The number of hydrogen-bond donors (Lipinski definition) is 2. The fourth-order valence-corrected chi connectivity index (χ4v) is 2.55. The SMILES string of the molecule is CNC(C)(C)CC(C)(C)N1CCNCC1. The molecule has 1 saturated heterocycles. The van der Waals surface area contributed by atoms with Gasteiger partial charge in [-0.05, 0) is 41.2 Å². The second-order valence-electron chi connectivity index (χ2n) is 5.86. The summed E-state index contributed by atoms with van der Waals surface area (Å²) in [6.45, 7) is 13.9. The van der Waals surface area contributed by atoms with Gasteiger partial charge in [0.2, 0.25) is 0 Å². The molecule has 2 N–H and O–H groups in total. The van der Waals surface area contributed by atoms with Crippen molar-refractivity contribution in [2.45, 2.75) is 45.2 Å². The van der Waals surface area contributed by atoms with Crippen LogP contribution in [0.1, 0.15) is 34.1 Å². The van der Waals surface area contributed by atoms with Gasteiger partial charge in [-0.2, -0.15) is 0 Å². The zero-order valence-corrected chi connectivity index (χ0v) is 11.0. The average Bonchev–Trinajstić information content (AvgIpc) is 2.18. The first-order chi connectivity index (χ1) is 6.87. The van der Waals surface area contributed by atoms with Crippen molar-refractivity contribution in [1.82, 2.24) is 15.5 Å². The van der Waals surface area contributed by atoms with Crippen LogP contribution in [-0.4, -0.2) is 49.2 Å². The third-order valence-electron chi connectivity index (χ3n) is 3.52. The predicted octanol–water partition coefficient (Wildman–Crippen LogP) is 1.06. The monoisotopic (exact) mass is 213 g/mol. The summed E-state index contributed by atoms with van der Waals surface area (Å²) in [7, 11) is 2.05. The topological polar surface area (TPSA) is 27.3 Å². The zero-order valence-electron chi connectivity index (χ0n) is 11.0. The molecular formula is C12H27N3. The van der Waals surface area contributed by atoms with Crippen LogP contribution < -0.4 is 10.6 Å². The van der Waals surface area contributed by atoms with Gasteiger partial charge >= 0.3 is 0 Å². The molecule has 1 heterocycles. The summed E-state index contributed by atoms with van der Waals surface area (Å²) in [4.78, 5) is 2.60. The van der Waals surface area contributed by atoms with Crippen LogP contribution in [0, 0.1) is 0 Å². The number of hydrogen-bond acceptors (Lipinski definition) is 3. The van der Waals surface area contributed by atoms with Gasteiger partial charge in [-0.1, -0.05) is 0 Å². The van der Waals surface area contributed by atoms with Crippen LogP contribution in [0.5, 0.6) is 0 Å². The average molecular weight is 213 g/mol. The first kappa shape index (κ1) is 12.9. The Morgan fingerprint density at radius 2 is 1.67 bits per heavy atom. The largest absolute Gasteiger partial charge is 0.315 e. The second kappa shape index (κ2) is 4.81. The van der Waals surface area contributed by atoms with Crippen LogP contribution >= 0.6 is 0 Å². The van der Waals surface area contributed by atoms with E-state index in [4.69, 9.17) is 0 Å². The molecular weight excluding hydrogens is 186 g/mol. The Kier molecular flexibility index (Phi) is 4.15. The van der Waals surface area contributed by atoms with E-state index in [1.165, 1.54) is 19.5 Å². The highest BCUT2D eigenvalue weighted by atomic mass is 15.2. The Balaban J connectivity index is 2.56. The lowest BCUT2D eigenvalue weighted by atomic mass is 9.85. The minimum atomic E-state index is 0.217. The maximum absolute atomic E-state index is 3.41. The first-order valence-corrected chi connectivity index (χ1v) is 6.02. The summed E-state index contributed by atoms with van der Waals surface area (Å²) in [5.74, 6) is 0. The van der Waals surface area contributed by atoms with Crippen LogP contribution in [0.2, 0.25) is 0 Å². The van der Waals surface area contributed by atoms with Crippen LogP contribution in [-0.2, 0) is 0 Å².